The third-order valence-electron chi connectivity index (χ3n) is 2.52. The Labute approximate surface area is 116 Å². The third kappa shape index (κ3) is 4.95. The number of nitrogens with one attached hydrogen (secondary N) is 2. The summed E-state index contributed by atoms with van der Waals surface area (Å²) in [5.74, 6) is -2.02. The molecule has 0 bridgehead atoms. The van der Waals surface area contributed by atoms with Crippen molar-refractivity contribution in [2.24, 2.45) is 5.41 Å². The van der Waals surface area contributed by atoms with Crippen LogP contribution in [0.15, 0.2) is 18.2 Å². The first-order valence-electron chi connectivity index (χ1n) is 6.23. The van der Waals surface area contributed by atoms with Crippen LogP contribution in [0.3, 0.4) is 0 Å². The minimum atomic E-state index is -0.710. The summed E-state index contributed by atoms with van der Waals surface area (Å²) in [5, 5.41) is 4.86. The molecular weight excluding hydrogens is 266 g/mol. The van der Waals surface area contributed by atoms with Crippen molar-refractivity contribution in [1.82, 2.24) is 5.32 Å². The average molecular weight is 284 g/mol. The normalized spacial score (nSPS) is 11.1. The van der Waals surface area contributed by atoms with Gasteiger partial charge in [0, 0.05) is 24.4 Å². The van der Waals surface area contributed by atoms with Gasteiger partial charge in [-0.1, -0.05) is 20.8 Å². The Morgan fingerprint density at radius 3 is 2.45 bits per heavy atom. The molecular formula is C14H18F2N2O2. The summed E-state index contributed by atoms with van der Waals surface area (Å²) in [6.45, 7) is 5.40. The van der Waals surface area contributed by atoms with E-state index in [9.17, 15) is 18.4 Å². The van der Waals surface area contributed by atoms with Gasteiger partial charge in [0.05, 0.1) is 5.69 Å². The Balaban J connectivity index is 2.45. The number of amides is 2. The molecule has 0 aromatic heterocycles. The van der Waals surface area contributed by atoms with Gasteiger partial charge in [0.2, 0.25) is 11.8 Å². The molecule has 2 N–H and O–H groups in total. The van der Waals surface area contributed by atoms with E-state index >= 15 is 0 Å². The minimum absolute atomic E-state index is 0.0161. The maximum absolute atomic E-state index is 13.3. The van der Waals surface area contributed by atoms with Crippen molar-refractivity contribution < 1.29 is 18.4 Å². The first kappa shape index (κ1) is 16.1. The van der Waals surface area contributed by atoms with Crippen LogP contribution in [0.1, 0.15) is 27.2 Å². The summed E-state index contributed by atoms with van der Waals surface area (Å²) in [6, 6.07) is 2.81. The number of rotatable bonds is 4. The molecule has 20 heavy (non-hydrogen) atoms. The van der Waals surface area contributed by atoms with E-state index in [0.717, 1.165) is 18.2 Å². The topological polar surface area (TPSA) is 58.2 Å². The molecule has 0 heterocycles. The van der Waals surface area contributed by atoms with Crippen molar-refractivity contribution in [1.29, 1.82) is 0 Å². The van der Waals surface area contributed by atoms with E-state index in [0.29, 0.717) is 0 Å². The van der Waals surface area contributed by atoms with Gasteiger partial charge in [0.1, 0.15) is 11.6 Å². The SMILES string of the molecule is CC(C)(C)C(=O)NCCC(=O)Nc1cc(F)ccc1F. The van der Waals surface area contributed by atoms with Gasteiger partial charge in [-0.2, -0.15) is 0 Å². The predicted molar refractivity (Wildman–Crippen MR) is 72.1 cm³/mol. The zero-order valence-corrected chi connectivity index (χ0v) is 11.7. The molecule has 0 aliphatic carbocycles. The summed E-state index contributed by atoms with van der Waals surface area (Å²) in [5.41, 5.74) is -0.748. The van der Waals surface area contributed by atoms with Crippen LogP contribution >= 0.6 is 0 Å². The zero-order chi connectivity index (χ0) is 15.3. The number of anilines is 1. The van der Waals surface area contributed by atoms with E-state index in [4.69, 9.17) is 0 Å². The summed E-state index contributed by atoms with van der Waals surface area (Å²) < 4.78 is 26.2. The molecule has 0 aliphatic rings. The van der Waals surface area contributed by atoms with Crippen molar-refractivity contribution in [2.45, 2.75) is 27.2 Å². The van der Waals surface area contributed by atoms with Crippen LogP contribution in [0.4, 0.5) is 14.5 Å². The number of halogens is 2. The summed E-state index contributed by atoms with van der Waals surface area (Å²) >= 11 is 0. The van der Waals surface area contributed by atoms with Crippen molar-refractivity contribution in [2.75, 3.05) is 11.9 Å². The molecule has 0 aliphatic heterocycles. The monoisotopic (exact) mass is 284 g/mol. The fourth-order valence-corrected chi connectivity index (χ4v) is 1.36. The van der Waals surface area contributed by atoms with Gasteiger partial charge in [0.25, 0.3) is 0 Å². The van der Waals surface area contributed by atoms with E-state index in [1.165, 1.54) is 0 Å². The Hall–Kier alpha value is -1.98. The maximum atomic E-state index is 13.3. The molecule has 110 valence electrons. The lowest BCUT2D eigenvalue weighted by Crippen LogP contribution is -2.36. The van der Waals surface area contributed by atoms with Gasteiger partial charge < -0.3 is 10.6 Å². The Bertz CT molecular complexity index is 510. The number of carbonyl (C=O) groups is 2. The fourth-order valence-electron chi connectivity index (χ4n) is 1.36. The van der Waals surface area contributed by atoms with Crippen LogP contribution in [-0.4, -0.2) is 18.4 Å². The van der Waals surface area contributed by atoms with E-state index in [1.807, 2.05) is 0 Å². The summed E-state index contributed by atoms with van der Waals surface area (Å²) in [4.78, 5) is 23.1. The van der Waals surface area contributed by atoms with E-state index in [1.54, 1.807) is 20.8 Å². The molecule has 4 nitrogen and oxygen atoms in total. The molecule has 2 amide bonds. The van der Waals surface area contributed by atoms with Crippen molar-refractivity contribution in [3.63, 3.8) is 0 Å². The predicted octanol–water partition coefficient (Wildman–Crippen LogP) is 2.46. The number of carbonyl (C=O) groups excluding carboxylic acids is 2. The molecule has 6 heteroatoms. The summed E-state index contributed by atoms with van der Waals surface area (Å²) in [6.07, 6.45) is -0.0161. The molecule has 0 fully saturated rings. The van der Waals surface area contributed by atoms with Gasteiger partial charge >= 0.3 is 0 Å². The minimum Gasteiger partial charge on any atom is -0.355 e. The Morgan fingerprint density at radius 2 is 1.85 bits per heavy atom. The molecule has 1 rings (SSSR count). The second-order valence-electron chi connectivity index (χ2n) is 5.43. The summed E-state index contributed by atoms with van der Waals surface area (Å²) in [7, 11) is 0. The lowest BCUT2D eigenvalue weighted by molar-refractivity contribution is -0.128. The van der Waals surface area contributed by atoms with E-state index in [2.05, 4.69) is 10.6 Å². The highest BCUT2D eigenvalue weighted by atomic mass is 19.1. The fraction of sp³-hybridized carbons (Fsp3) is 0.429. The Kier molecular flexibility index (Phi) is 5.19. The van der Waals surface area contributed by atoms with E-state index < -0.39 is 23.0 Å². The highest BCUT2D eigenvalue weighted by Gasteiger charge is 2.20. The van der Waals surface area contributed by atoms with Crippen molar-refractivity contribution in [3.8, 4) is 0 Å². The zero-order valence-electron chi connectivity index (χ0n) is 11.7. The van der Waals surface area contributed by atoms with Crippen LogP contribution in [0.25, 0.3) is 0 Å². The number of hydrogen-bond acceptors (Lipinski definition) is 2. The van der Waals surface area contributed by atoms with Crippen molar-refractivity contribution in [3.05, 3.63) is 29.8 Å². The molecule has 0 saturated carbocycles. The quantitative estimate of drug-likeness (QED) is 0.892. The molecule has 0 unspecified atom stereocenters. The Morgan fingerprint density at radius 1 is 1.20 bits per heavy atom. The van der Waals surface area contributed by atoms with Gasteiger partial charge in [-0.15, -0.1) is 0 Å². The largest absolute Gasteiger partial charge is 0.355 e. The standard InChI is InChI=1S/C14H18F2N2O2/c1-14(2,3)13(20)17-7-6-12(19)18-11-8-9(15)4-5-10(11)16/h4-5,8H,6-7H2,1-3H3,(H,17,20)(H,18,19). The van der Waals surface area contributed by atoms with Crippen LogP contribution in [0, 0.1) is 17.0 Å². The van der Waals surface area contributed by atoms with Crippen LogP contribution < -0.4 is 10.6 Å². The van der Waals surface area contributed by atoms with Crippen LogP contribution in [0.2, 0.25) is 0 Å². The first-order chi connectivity index (χ1) is 9.20. The van der Waals surface area contributed by atoms with Gasteiger partial charge in [-0.3, -0.25) is 9.59 Å². The molecule has 0 saturated heterocycles. The number of hydrogen-bond donors (Lipinski definition) is 2. The van der Waals surface area contributed by atoms with Crippen LogP contribution in [-0.2, 0) is 9.59 Å². The smallest absolute Gasteiger partial charge is 0.226 e. The maximum Gasteiger partial charge on any atom is 0.226 e. The van der Waals surface area contributed by atoms with Gasteiger partial charge in [-0.05, 0) is 12.1 Å². The third-order valence-corrected chi connectivity index (χ3v) is 2.52. The first-order valence-corrected chi connectivity index (χ1v) is 6.23. The average Bonchev–Trinajstić information content (AvgIpc) is 2.32. The molecule has 0 spiro atoms. The van der Waals surface area contributed by atoms with E-state index in [-0.39, 0.29) is 24.6 Å². The molecule has 1 aromatic rings. The lowest BCUT2D eigenvalue weighted by Gasteiger charge is -2.17. The highest BCUT2D eigenvalue weighted by molar-refractivity contribution is 5.91. The highest BCUT2D eigenvalue weighted by Crippen LogP contribution is 2.15. The molecule has 0 atom stereocenters. The molecule has 1 aromatic carbocycles. The lowest BCUT2D eigenvalue weighted by atomic mass is 9.96. The second-order valence-corrected chi connectivity index (χ2v) is 5.43. The van der Waals surface area contributed by atoms with Gasteiger partial charge in [-0.25, -0.2) is 8.78 Å². The second kappa shape index (κ2) is 6.45. The van der Waals surface area contributed by atoms with Crippen molar-refractivity contribution >= 4 is 17.5 Å². The van der Waals surface area contributed by atoms with Gasteiger partial charge in [0.15, 0.2) is 0 Å². The number of benzene rings is 1. The van der Waals surface area contributed by atoms with Crippen LogP contribution in [0.5, 0.6) is 0 Å². The molecule has 0 radical (unpaired) electrons.